The SMILES string of the molecule is CC(C)NCc1nc2ccc(F)cc2n1C(C)C. The molecule has 1 N–H and O–H groups in total. The number of nitrogens with zero attached hydrogens (tertiary/aromatic N) is 2. The number of benzene rings is 1. The van der Waals surface area contributed by atoms with E-state index < -0.39 is 0 Å². The van der Waals surface area contributed by atoms with Crippen LogP contribution in [-0.2, 0) is 6.54 Å². The summed E-state index contributed by atoms with van der Waals surface area (Å²) in [5.41, 5.74) is 1.72. The summed E-state index contributed by atoms with van der Waals surface area (Å²) in [6, 6.07) is 5.42. The zero-order valence-electron chi connectivity index (χ0n) is 11.4. The van der Waals surface area contributed by atoms with Crippen molar-refractivity contribution in [3.8, 4) is 0 Å². The third-order valence-corrected chi connectivity index (χ3v) is 2.91. The molecule has 18 heavy (non-hydrogen) atoms. The number of aromatic nitrogens is 2. The van der Waals surface area contributed by atoms with Crippen molar-refractivity contribution in [1.29, 1.82) is 0 Å². The molecule has 0 aliphatic carbocycles. The highest BCUT2D eigenvalue weighted by Gasteiger charge is 2.13. The molecular weight excluding hydrogens is 229 g/mol. The van der Waals surface area contributed by atoms with Crippen LogP contribution in [-0.4, -0.2) is 15.6 Å². The van der Waals surface area contributed by atoms with E-state index >= 15 is 0 Å². The summed E-state index contributed by atoms with van der Waals surface area (Å²) in [4.78, 5) is 4.58. The molecule has 0 aliphatic rings. The zero-order chi connectivity index (χ0) is 13.3. The molecule has 2 rings (SSSR count). The van der Waals surface area contributed by atoms with E-state index in [4.69, 9.17) is 0 Å². The van der Waals surface area contributed by atoms with Crippen LogP contribution in [0, 0.1) is 5.82 Å². The van der Waals surface area contributed by atoms with Crippen molar-refractivity contribution >= 4 is 11.0 Å². The largest absolute Gasteiger partial charge is 0.324 e. The van der Waals surface area contributed by atoms with E-state index in [2.05, 4.69) is 42.6 Å². The van der Waals surface area contributed by atoms with Gasteiger partial charge in [0, 0.05) is 12.1 Å². The Morgan fingerprint density at radius 3 is 2.61 bits per heavy atom. The van der Waals surface area contributed by atoms with Gasteiger partial charge in [0.1, 0.15) is 11.6 Å². The van der Waals surface area contributed by atoms with Crippen molar-refractivity contribution in [2.75, 3.05) is 0 Å². The molecule has 0 spiro atoms. The maximum absolute atomic E-state index is 13.3. The number of hydrogen-bond acceptors (Lipinski definition) is 2. The summed E-state index contributed by atoms with van der Waals surface area (Å²) in [6.07, 6.45) is 0. The van der Waals surface area contributed by atoms with E-state index in [0.717, 1.165) is 16.9 Å². The second-order valence-electron chi connectivity index (χ2n) is 5.16. The lowest BCUT2D eigenvalue weighted by Gasteiger charge is -2.14. The molecule has 0 fully saturated rings. The van der Waals surface area contributed by atoms with Gasteiger partial charge in [-0.15, -0.1) is 0 Å². The molecule has 0 saturated carbocycles. The highest BCUT2D eigenvalue weighted by Crippen LogP contribution is 2.22. The molecule has 0 unspecified atom stereocenters. The Kier molecular flexibility index (Phi) is 3.66. The van der Waals surface area contributed by atoms with Gasteiger partial charge in [-0.2, -0.15) is 0 Å². The maximum atomic E-state index is 13.3. The van der Waals surface area contributed by atoms with Gasteiger partial charge in [-0.3, -0.25) is 0 Å². The van der Waals surface area contributed by atoms with E-state index in [1.165, 1.54) is 6.07 Å². The number of halogens is 1. The molecule has 0 amide bonds. The van der Waals surface area contributed by atoms with Gasteiger partial charge in [-0.05, 0) is 32.0 Å². The van der Waals surface area contributed by atoms with E-state index in [0.29, 0.717) is 12.6 Å². The fraction of sp³-hybridized carbons (Fsp3) is 0.500. The average Bonchev–Trinajstić information content (AvgIpc) is 2.63. The van der Waals surface area contributed by atoms with Crippen LogP contribution in [0.1, 0.15) is 39.6 Å². The molecule has 1 heterocycles. The Morgan fingerprint density at radius 2 is 2.00 bits per heavy atom. The summed E-state index contributed by atoms with van der Waals surface area (Å²) in [7, 11) is 0. The smallest absolute Gasteiger partial charge is 0.125 e. The van der Waals surface area contributed by atoms with Crippen LogP contribution in [0.5, 0.6) is 0 Å². The summed E-state index contributed by atoms with van der Waals surface area (Å²) in [5.74, 6) is 0.743. The van der Waals surface area contributed by atoms with Gasteiger partial charge in [0.15, 0.2) is 0 Å². The van der Waals surface area contributed by atoms with Crippen LogP contribution < -0.4 is 5.32 Å². The number of rotatable bonds is 4. The van der Waals surface area contributed by atoms with Crippen molar-refractivity contribution in [3.63, 3.8) is 0 Å². The monoisotopic (exact) mass is 249 g/mol. The number of hydrogen-bond donors (Lipinski definition) is 1. The molecular formula is C14H20FN3. The van der Waals surface area contributed by atoms with Crippen molar-refractivity contribution in [2.45, 2.75) is 46.3 Å². The van der Waals surface area contributed by atoms with Crippen molar-refractivity contribution in [3.05, 3.63) is 29.8 Å². The predicted octanol–water partition coefficient (Wildman–Crippen LogP) is 3.25. The molecule has 98 valence electrons. The molecule has 4 heteroatoms. The maximum Gasteiger partial charge on any atom is 0.125 e. The summed E-state index contributed by atoms with van der Waals surface area (Å²) >= 11 is 0. The van der Waals surface area contributed by atoms with Crippen LogP contribution in [0.4, 0.5) is 4.39 Å². The summed E-state index contributed by atoms with van der Waals surface area (Å²) in [6.45, 7) is 9.08. The number of nitrogens with one attached hydrogen (secondary N) is 1. The standard InChI is InChI=1S/C14H20FN3/c1-9(2)16-8-14-17-12-6-5-11(15)7-13(12)18(14)10(3)4/h5-7,9-10,16H,8H2,1-4H3. The summed E-state index contributed by atoms with van der Waals surface area (Å²) in [5, 5.41) is 3.36. The fourth-order valence-corrected chi connectivity index (χ4v) is 2.11. The van der Waals surface area contributed by atoms with Crippen LogP contribution in [0.3, 0.4) is 0 Å². The first-order valence-corrected chi connectivity index (χ1v) is 6.38. The lowest BCUT2D eigenvalue weighted by molar-refractivity contribution is 0.523. The zero-order valence-corrected chi connectivity index (χ0v) is 11.4. The van der Waals surface area contributed by atoms with Crippen LogP contribution >= 0.6 is 0 Å². The minimum atomic E-state index is -0.215. The van der Waals surface area contributed by atoms with E-state index in [-0.39, 0.29) is 11.9 Å². The van der Waals surface area contributed by atoms with E-state index in [9.17, 15) is 4.39 Å². The van der Waals surface area contributed by atoms with Gasteiger partial charge >= 0.3 is 0 Å². The molecule has 0 radical (unpaired) electrons. The quantitative estimate of drug-likeness (QED) is 0.901. The normalized spacial score (nSPS) is 11.9. The molecule has 1 aromatic heterocycles. The molecule has 0 bridgehead atoms. The Morgan fingerprint density at radius 1 is 1.28 bits per heavy atom. The Bertz CT molecular complexity index is 543. The molecule has 0 saturated heterocycles. The van der Waals surface area contributed by atoms with Crippen LogP contribution in [0.25, 0.3) is 11.0 Å². The van der Waals surface area contributed by atoms with Gasteiger partial charge in [-0.1, -0.05) is 13.8 Å². The lowest BCUT2D eigenvalue weighted by Crippen LogP contribution is -2.24. The van der Waals surface area contributed by atoms with E-state index in [1.54, 1.807) is 12.1 Å². The second-order valence-corrected chi connectivity index (χ2v) is 5.16. The first-order valence-electron chi connectivity index (χ1n) is 6.38. The molecule has 2 aromatic rings. The first kappa shape index (κ1) is 13.0. The van der Waals surface area contributed by atoms with Gasteiger partial charge in [0.25, 0.3) is 0 Å². The average molecular weight is 249 g/mol. The molecule has 0 atom stereocenters. The third-order valence-electron chi connectivity index (χ3n) is 2.91. The highest BCUT2D eigenvalue weighted by molar-refractivity contribution is 5.76. The Balaban J connectivity index is 2.48. The second kappa shape index (κ2) is 5.06. The Hall–Kier alpha value is -1.42. The lowest BCUT2D eigenvalue weighted by atomic mass is 10.3. The van der Waals surface area contributed by atoms with E-state index in [1.807, 2.05) is 0 Å². The summed E-state index contributed by atoms with van der Waals surface area (Å²) < 4.78 is 15.4. The first-order chi connectivity index (χ1) is 8.49. The molecule has 1 aromatic carbocycles. The molecule has 3 nitrogen and oxygen atoms in total. The topological polar surface area (TPSA) is 29.9 Å². The molecule has 0 aliphatic heterocycles. The minimum absolute atomic E-state index is 0.215. The van der Waals surface area contributed by atoms with Gasteiger partial charge in [0.05, 0.1) is 17.6 Å². The minimum Gasteiger partial charge on any atom is -0.324 e. The van der Waals surface area contributed by atoms with Crippen LogP contribution in [0.2, 0.25) is 0 Å². The predicted molar refractivity (Wildman–Crippen MR) is 72.1 cm³/mol. The van der Waals surface area contributed by atoms with Crippen molar-refractivity contribution in [1.82, 2.24) is 14.9 Å². The highest BCUT2D eigenvalue weighted by atomic mass is 19.1. The fourth-order valence-electron chi connectivity index (χ4n) is 2.11. The number of fused-ring (bicyclic) bond motifs is 1. The van der Waals surface area contributed by atoms with Gasteiger partial charge in [0.2, 0.25) is 0 Å². The number of imidazole rings is 1. The van der Waals surface area contributed by atoms with Crippen LogP contribution in [0.15, 0.2) is 18.2 Å². The van der Waals surface area contributed by atoms with Gasteiger partial charge < -0.3 is 9.88 Å². The van der Waals surface area contributed by atoms with Gasteiger partial charge in [-0.25, -0.2) is 9.37 Å². The van der Waals surface area contributed by atoms with Crippen molar-refractivity contribution in [2.24, 2.45) is 0 Å². The third kappa shape index (κ3) is 2.53. The van der Waals surface area contributed by atoms with Crippen molar-refractivity contribution < 1.29 is 4.39 Å². The Labute approximate surface area is 107 Å².